The molecule has 2 heterocycles. The molecule has 0 aliphatic carbocycles. The quantitative estimate of drug-likeness (QED) is 0.810. The molecule has 1 saturated heterocycles. The number of nitrogens with zero attached hydrogens (tertiary/aromatic N) is 4. The van der Waals surface area contributed by atoms with Gasteiger partial charge < -0.3 is 5.11 Å². The van der Waals surface area contributed by atoms with E-state index in [1.165, 1.54) is 16.0 Å². The van der Waals surface area contributed by atoms with Crippen LogP contribution < -0.4 is 0 Å². The minimum atomic E-state index is -3.65. The molecule has 0 saturated carbocycles. The van der Waals surface area contributed by atoms with Crippen molar-refractivity contribution < 1.29 is 18.3 Å². The van der Waals surface area contributed by atoms with E-state index in [1.54, 1.807) is 0 Å². The highest BCUT2D eigenvalue weighted by atomic mass is 79.9. The van der Waals surface area contributed by atoms with E-state index in [9.17, 15) is 13.2 Å². The van der Waals surface area contributed by atoms with Gasteiger partial charge in [-0.05, 0) is 34.7 Å². The summed E-state index contributed by atoms with van der Waals surface area (Å²) in [5, 5.41) is 16.0. The third kappa shape index (κ3) is 3.01. The Labute approximate surface area is 124 Å². The van der Waals surface area contributed by atoms with Gasteiger partial charge in [-0.25, -0.2) is 13.1 Å². The van der Waals surface area contributed by atoms with E-state index in [-0.39, 0.29) is 22.0 Å². The van der Waals surface area contributed by atoms with Crippen molar-refractivity contribution in [3.63, 3.8) is 0 Å². The van der Waals surface area contributed by atoms with Crippen molar-refractivity contribution in [1.82, 2.24) is 19.3 Å². The number of carbonyl (C=O) groups is 1. The van der Waals surface area contributed by atoms with E-state index < -0.39 is 16.0 Å². The van der Waals surface area contributed by atoms with Crippen LogP contribution in [-0.2, 0) is 21.9 Å². The Balaban J connectivity index is 2.11. The summed E-state index contributed by atoms with van der Waals surface area (Å²) >= 11 is 3.09. The fraction of sp³-hybridized carbons (Fsp3) is 0.700. The second-order valence-electron chi connectivity index (χ2n) is 4.76. The van der Waals surface area contributed by atoms with Gasteiger partial charge in [0.15, 0.2) is 4.60 Å². The molecule has 1 aliphatic rings. The molecule has 1 N–H and O–H groups in total. The number of aryl methyl sites for hydroxylation is 1. The molecular weight excluding hydrogens is 352 g/mol. The zero-order valence-corrected chi connectivity index (χ0v) is 13.3. The van der Waals surface area contributed by atoms with Gasteiger partial charge in [-0.15, -0.1) is 5.10 Å². The zero-order valence-electron chi connectivity index (χ0n) is 10.9. The van der Waals surface area contributed by atoms with Crippen LogP contribution in [0.25, 0.3) is 0 Å². The summed E-state index contributed by atoms with van der Waals surface area (Å²) in [5.41, 5.74) is 0. The maximum absolute atomic E-state index is 12.5. The first-order chi connectivity index (χ1) is 9.32. The molecule has 1 fully saturated rings. The van der Waals surface area contributed by atoms with Gasteiger partial charge in [-0.1, -0.05) is 5.21 Å². The van der Waals surface area contributed by atoms with Gasteiger partial charge in [0.1, 0.15) is 0 Å². The standard InChI is InChI=1S/C10H15BrN4O4S/c1-14-10(9(11)12-13-14)20(18,19)15-5-4-7(6-15)2-3-8(16)17/h7H,2-6H2,1H3,(H,16,17). The molecular formula is C10H15BrN4O4S. The summed E-state index contributed by atoms with van der Waals surface area (Å²) in [7, 11) is -2.13. The number of halogens is 1. The minimum absolute atomic E-state index is 0.0244. The van der Waals surface area contributed by atoms with Crippen molar-refractivity contribution >= 4 is 31.9 Å². The summed E-state index contributed by atoms with van der Waals surface area (Å²) in [5.74, 6) is -0.772. The summed E-state index contributed by atoms with van der Waals surface area (Å²) in [6.07, 6.45) is 1.23. The number of carboxylic acids is 1. The molecule has 20 heavy (non-hydrogen) atoms. The average molecular weight is 367 g/mol. The summed E-state index contributed by atoms with van der Waals surface area (Å²) < 4.78 is 27.8. The normalized spacial score (nSPS) is 20.4. The second kappa shape index (κ2) is 5.78. The number of aromatic nitrogens is 3. The van der Waals surface area contributed by atoms with Crippen molar-refractivity contribution in [3.8, 4) is 0 Å². The molecule has 2 rings (SSSR count). The molecule has 1 aromatic heterocycles. The molecule has 8 nitrogen and oxygen atoms in total. The highest BCUT2D eigenvalue weighted by Gasteiger charge is 2.36. The van der Waals surface area contributed by atoms with Crippen molar-refractivity contribution in [2.24, 2.45) is 13.0 Å². The Morgan fingerprint density at radius 3 is 2.80 bits per heavy atom. The lowest BCUT2D eigenvalue weighted by molar-refractivity contribution is -0.137. The molecule has 112 valence electrons. The first-order valence-electron chi connectivity index (χ1n) is 6.09. The smallest absolute Gasteiger partial charge is 0.303 e. The fourth-order valence-electron chi connectivity index (χ4n) is 2.30. The van der Waals surface area contributed by atoms with Crippen LogP contribution in [-0.4, -0.2) is 51.9 Å². The van der Waals surface area contributed by atoms with Gasteiger partial charge in [-0.2, -0.15) is 4.31 Å². The molecule has 1 aliphatic heterocycles. The SMILES string of the molecule is Cn1nnc(Br)c1S(=O)(=O)N1CCC(CCC(=O)O)C1. The maximum atomic E-state index is 12.5. The van der Waals surface area contributed by atoms with E-state index in [4.69, 9.17) is 5.11 Å². The topological polar surface area (TPSA) is 105 Å². The second-order valence-corrected chi connectivity index (χ2v) is 7.36. The van der Waals surface area contributed by atoms with Crippen LogP contribution in [0.3, 0.4) is 0 Å². The van der Waals surface area contributed by atoms with Crippen LogP contribution in [0.5, 0.6) is 0 Å². The van der Waals surface area contributed by atoms with Crippen LogP contribution in [0, 0.1) is 5.92 Å². The molecule has 0 amide bonds. The molecule has 0 spiro atoms. The number of aliphatic carboxylic acids is 1. The third-order valence-corrected chi connectivity index (χ3v) is 6.09. The molecule has 1 aromatic rings. The molecule has 10 heteroatoms. The Kier molecular flexibility index (Phi) is 4.45. The fourth-order valence-corrected chi connectivity index (χ4v) is 4.86. The van der Waals surface area contributed by atoms with Gasteiger partial charge in [0.25, 0.3) is 10.0 Å². The zero-order chi connectivity index (χ0) is 14.9. The number of hydrogen-bond acceptors (Lipinski definition) is 5. The van der Waals surface area contributed by atoms with Crippen molar-refractivity contribution in [1.29, 1.82) is 0 Å². The number of rotatable bonds is 5. The van der Waals surface area contributed by atoms with Gasteiger partial charge in [0, 0.05) is 26.6 Å². The summed E-state index contributed by atoms with van der Waals surface area (Å²) in [6.45, 7) is 0.734. The highest BCUT2D eigenvalue weighted by Crippen LogP contribution is 2.29. The van der Waals surface area contributed by atoms with E-state index in [0.29, 0.717) is 25.9 Å². The first-order valence-corrected chi connectivity index (χ1v) is 8.32. The Bertz CT molecular complexity index is 595. The molecule has 0 radical (unpaired) electrons. The first kappa shape index (κ1) is 15.4. The molecule has 1 unspecified atom stereocenters. The van der Waals surface area contributed by atoms with Crippen LogP contribution in [0.15, 0.2) is 9.63 Å². The van der Waals surface area contributed by atoms with E-state index in [1.807, 2.05) is 0 Å². The molecule has 0 bridgehead atoms. The van der Waals surface area contributed by atoms with E-state index in [0.717, 1.165) is 0 Å². The lowest BCUT2D eigenvalue weighted by Crippen LogP contribution is -2.30. The largest absolute Gasteiger partial charge is 0.481 e. The lowest BCUT2D eigenvalue weighted by Gasteiger charge is -2.16. The number of carboxylic acid groups (broad SMARTS) is 1. The maximum Gasteiger partial charge on any atom is 0.303 e. The molecule has 1 atom stereocenters. The number of sulfonamides is 1. The monoisotopic (exact) mass is 366 g/mol. The van der Waals surface area contributed by atoms with Crippen LogP contribution in [0.2, 0.25) is 0 Å². The number of hydrogen-bond donors (Lipinski definition) is 1. The Morgan fingerprint density at radius 2 is 2.25 bits per heavy atom. The van der Waals surface area contributed by atoms with Crippen molar-refractivity contribution in [2.75, 3.05) is 13.1 Å². The molecule has 0 aromatic carbocycles. The summed E-state index contributed by atoms with van der Waals surface area (Å²) in [6, 6.07) is 0. The van der Waals surface area contributed by atoms with Gasteiger partial charge in [0.05, 0.1) is 0 Å². The Morgan fingerprint density at radius 1 is 1.55 bits per heavy atom. The predicted molar refractivity (Wildman–Crippen MR) is 72.4 cm³/mol. The van der Waals surface area contributed by atoms with E-state index >= 15 is 0 Å². The predicted octanol–water partition coefficient (Wildman–Crippen LogP) is 0.453. The van der Waals surface area contributed by atoms with Crippen LogP contribution in [0.1, 0.15) is 19.3 Å². The van der Waals surface area contributed by atoms with Crippen LogP contribution in [0.4, 0.5) is 0 Å². The Hall–Kier alpha value is -1.00. The summed E-state index contributed by atoms with van der Waals surface area (Å²) in [4.78, 5) is 10.6. The highest BCUT2D eigenvalue weighted by molar-refractivity contribution is 9.10. The van der Waals surface area contributed by atoms with Crippen molar-refractivity contribution in [2.45, 2.75) is 24.3 Å². The van der Waals surface area contributed by atoms with Gasteiger partial charge in [0.2, 0.25) is 5.03 Å². The van der Waals surface area contributed by atoms with Crippen molar-refractivity contribution in [3.05, 3.63) is 4.60 Å². The van der Waals surface area contributed by atoms with E-state index in [2.05, 4.69) is 26.2 Å². The average Bonchev–Trinajstić information content (AvgIpc) is 2.94. The minimum Gasteiger partial charge on any atom is -0.481 e. The van der Waals surface area contributed by atoms with Crippen LogP contribution >= 0.6 is 15.9 Å². The third-order valence-electron chi connectivity index (χ3n) is 3.34. The van der Waals surface area contributed by atoms with Gasteiger partial charge in [-0.3, -0.25) is 4.79 Å². The lowest BCUT2D eigenvalue weighted by atomic mass is 10.0. The van der Waals surface area contributed by atoms with Gasteiger partial charge >= 0.3 is 5.97 Å².